The Morgan fingerprint density at radius 1 is 1.18 bits per heavy atom. The van der Waals surface area contributed by atoms with Gasteiger partial charge < -0.3 is 10.2 Å². The molecule has 0 radical (unpaired) electrons. The van der Waals surface area contributed by atoms with Crippen LogP contribution in [-0.2, 0) is 4.79 Å². The molecule has 0 saturated carbocycles. The molecule has 6 heteroatoms. The molecule has 0 aliphatic rings. The second kappa shape index (κ2) is 6.46. The van der Waals surface area contributed by atoms with Crippen LogP contribution >= 0.6 is 34.8 Å². The number of halogens is 3. The van der Waals surface area contributed by atoms with Gasteiger partial charge in [-0.05, 0) is 13.8 Å². The lowest BCUT2D eigenvalue weighted by Crippen LogP contribution is -3.19. The zero-order chi connectivity index (χ0) is 13.9. The number of rotatable bonds is 4. The van der Waals surface area contributed by atoms with Gasteiger partial charge in [-0.25, -0.2) is 0 Å². The van der Waals surface area contributed by atoms with E-state index < -0.39 is 15.4 Å². The molecule has 0 aliphatic carbocycles. The minimum absolute atomic E-state index is 0.117. The molecule has 0 unspecified atom stereocenters. The van der Waals surface area contributed by atoms with Crippen LogP contribution in [0.4, 0.5) is 0 Å². The molecule has 0 saturated heterocycles. The monoisotopic (exact) mass is 303 g/mol. The first-order valence-corrected chi connectivity index (χ1v) is 6.89. The van der Waals surface area contributed by atoms with Crippen LogP contribution in [0.1, 0.15) is 34.6 Å². The molecule has 0 aromatic heterocycles. The van der Waals surface area contributed by atoms with Crippen LogP contribution in [0.5, 0.6) is 0 Å². The molecule has 102 valence electrons. The van der Waals surface area contributed by atoms with E-state index in [1.807, 2.05) is 34.6 Å². The van der Waals surface area contributed by atoms with Gasteiger partial charge in [-0.15, -0.1) is 0 Å². The van der Waals surface area contributed by atoms with Gasteiger partial charge in [0.2, 0.25) is 12.1 Å². The SMILES string of the molecule is CC[NH+](CC)[C@H](NC(=O)C(C)(C)C)C(Cl)(Cl)Cl. The van der Waals surface area contributed by atoms with Gasteiger partial charge in [-0.3, -0.25) is 4.79 Å². The lowest BCUT2D eigenvalue weighted by Gasteiger charge is -2.33. The van der Waals surface area contributed by atoms with Crippen LogP contribution in [0.2, 0.25) is 0 Å². The summed E-state index contributed by atoms with van der Waals surface area (Å²) in [5, 5.41) is 2.83. The number of carbonyl (C=O) groups excluding carboxylic acids is 1. The minimum Gasteiger partial charge on any atom is -0.312 e. The summed E-state index contributed by atoms with van der Waals surface area (Å²) in [6.45, 7) is 11.0. The largest absolute Gasteiger partial charge is 0.312 e. The van der Waals surface area contributed by atoms with Crippen molar-refractivity contribution in [2.45, 2.75) is 44.6 Å². The van der Waals surface area contributed by atoms with Crippen molar-refractivity contribution in [1.82, 2.24) is 5.32 Å². The first-order valence-electron chi connectivity index (χ1n) is 5.76. The van der Waals surface area contributed by atoms with E-state index in [0.29, 0.717) is 0 Å². The molecule has 1 atom stereocenters. The number of hydrogen-bond donors (Lipinski definition) is 2. The van der Waals surface area contributed by atoms with Crippen molar-refractivity contribution in [3.8, 4) is 0 Å². The molecule has 0 aromatic carbocycles. The van der Waals surface area contributed by atoms with E-state index in [2.05, 4.69) is 5.32 Å². The molecule has 17 heavy (non-hydrogen) atoms. The van der Waals surface area contributed by atoms with Gasteiger partial charge in [0.25, 0.3) is 3.79 Å². The first kappa shape index (κ1) is 17.3. The Morgan fingerprint density at radius 2 is 1.59 bits per heavy atom. The van der Waals surface area contributed by atoms with E-state index in [0.717, 1.165) is 18.0 Å². The van der Waals surface area contributed by atoms with Crippen molar-refractivity contribution in [3.05, 3.63) is 0 Å². The summed E-state index contributed by atoms with van der Waals surface area (Å²) >= 11 is 17.8. The second-order valence-electron chi connectivity index (χ2n) is 5.06. The van der Waals surface area contributed by atoms with Crippen LogP contribution in [0, 0.1) is 5.41 Å². The lowest BCUT2D eigenvalue weighted by atomic mass is 9.95. The molecule has 0 bridgehead atoms. The number of hydrogen-bond acceptors (Lipinski definition) is 1. The van der Waals surface area contributed by atoms with Gasteiger partial charge in [0.1, 0.15) is 0 Å². The Morgan fingerprint density at radius 3 is 1.82 bits per heavy atom. The van der Waals surface area contributed by atoms with Crippen LogP contribution in [-0.4, -0.2) is 29.0 Å². The van der Waals surface area contributed by atoms with E-state index in [4.69, 9.17) is 34.8 Å². The van der Waals surface area contributed by atoms with Crippen molar-refractivity contribution < 1.29 is 9.69 Å². The van der Waals surface area contributed by atoms with Crippen LogP contribution in [0.25, 0.3) is 0 Å². The lowest BCUT2D eigenvalue weighted by molar-refractivity contribution is -0.924. The maximum atomic E-state index is 12.0. The Labute approximate surface area is 119 Å². The first-order chi connectivity index (χ1) is 7.54. The molecule has 0 fully saturated rings. The number of nitrogens with one attached hydrogen (secondary N) is 2. The molecule has 0 rings (SSSR count). The predicted octanol–water partition coefficient (Wildman–Crippen LogP) is 1.77. The average molecular weight is 305 g/mol. The third-order valence-corrected chi connectivity index (χ3v) is 3.26. The van der Waals surface area contributed by atoms with E-state index >= 15 is 0 Å². The second-order valence-corrected chi connectivity index (χ2v) is 7.43. The molecule has 0 heterocycles. The van der Waals surface area contributed by atoms with Gasteiger partial charge in [0, 0.05) is 5.41 Å². The van der Waals surface area contributed by atoms with Gasteiger partial charge in [-0.2, -0.15) is 0 Å². The summed E-state index contributed by atoms with van der Waals surface area (Å²) in [7, 11) is 0. The maximum Gasteiger partial charge on any atom is 0.262 e. The number of alkyl halides is 3. The standard InChI is InChI=1S/C11H21Cl3N2O/c1-6-16(7-2)8(11(12,13)14)15-9(17)10(3,4)5/h8H,6-7H2,1-5H3,(H,15,17)/p+1/t8-/m0/s1. The highest BCUT2D eigenvalue weighted by molar-refractivity contribution is 6.68. The Bertz CT molecular complexity index is 254. The maximum absolute atomic E-state index is 12.0. The van der Waals surface area contributed by atoms with E-state index in [1.165, 1.54) is 0 Å². The highest BCUT2D eigenvalue weighted by Gasteiger charge is 2.42. The summed E-state index contributed by atoms with van der Waals surface area (Å²) in [4.78, 5) is 13.0. The third kappa shape index (κ3) is 5.64. The average Bonchev–Trinajstić information content (AvgIpc) is 2.14. The van der Waals surface area contributed by atoms with Crippen molar-refractivity contribution in [2.75, 3.05) is 13.1 Å². The summed E-state index contributed by atoms with van der Waals surface area (Å²) in [6.07, 6.45) is -0.533. The van der Waals surface area contributed by atoms with E-state index in [-0.39, 0.29) is 5.91 Å². The zero-order valence-corrected chi connectivity index (χ0v) is 13.3. The Hall–Kier alpha value is 0.300. The molecule has 0 spiro atoms. The topological polar surface area (TPSA) is 33.5 Å². The molecule has 1 amide bonds. The number of amides is 1. The fraction of sp³-hybridized carbons (Fsp3) is 0.909. The van der Waals surface area contributed by atoms with Gasteiger partial charge in [-0.1, -0.05) is 55.6 Å². The molecular formula is C11H22Cl3N2O+. The Balaban J connectivity index is 4.91. The summed E-state index contributed by atoms with van der Waals surface area (Å²) in [6, 6.07) is 0. The molecular weight excluding hydrogens is 282 g/mol. The smallest absolute Gasteiger partial charge is 0.262 e. The van der Waals surface area contributed by atoms with E-state index in [9.17, 15) is 4.79 Å². The van der Waals surface area contributed by atoms with Gasteiger partial charge in [0.05, 0.1) is 13.1 Å². The quantitative estimate of drug-likeness (QED) is 0.602. The summed E-state index contributed by atoms with van der Waals surface area (Å²) < 4.78 is -1.51. The van der Waals surface area contributed by atoms with Crippen molar-refractivity contribution in [3.63, 3.8) is 0 Å². The molecule has 0 aromatic rings. The third-order valence-electron chi connectivity index (χ3n) is 2.60. The minimum atomic E-state index is -1.51. The van der Waals surface area contributed by atoms with Crippen molar-refractivity contribution >= 4 is 40.7 Å². The van der Waals surface area contributed by atoms with Crippen LogP contribution in [0.15, 0.2) is 0 Å². The van der Waals surface area contributed by atoms with Crippen molar-refractivity contribution in [1.29, 1.82) is 0 Å². The normalized spacial score (nSPS) is 14.9. The predicted molar refractivity (Wildman–Crippen MR) is 73.7 cm³/mol. The fourth-order valence-corrected chi connectivity index (χ4v) is 2.05. The van der Waals surface area contributed by atoms with Crippen LogP contribution < -0.4 is 10.2 Å². The molecule has 0 aliphatic heterocycles. The van der Waals surface area contributed by atoms with Crippen LogP contribution in [0.3, 0.4) is 0 Å². The summed E-state index contributed by atoms with van der Waals surface area (Å²) in [5.41, 5.74) is -0.499. The molecule has 2 N–H and O–H groups in total. The Kier molecular flexibility index (Phi) is 6.58. The number of carbonyl (C=O) groups is 1. The van der Waals surface area contributed by atoms with E-state index in [1.54, 1.807) is 0 Å². The van der Waals surface area contributed by atoms with Crippen molar-refractivity contribution in [2.24, 2.45) is 5.41 Å². The van der Waals surface area contributed by atoms with Gasteiger partial charge in [0.15, 0.2) is 0 Å². The molecule has 3 nitrogen and oxygen atoms in total. The highest BCUT2D eigenvalue weighted by atomic mass is 35.6. The zero-order valence-electron chi connectivity index (χ0n) is 11.0. The van der Waals surface area contributed by atoms with Gasteiger partial charge >= 0.3 is 0 Å². The summed E-state index contributed by atoms with van der Waals surface area (Å²) in [5.74, 6) is -0.117. The fourth-order valence-electron chi connectivity index (χ4n) is 1.42. The number of quaternary nitrogens is 1. The highest BCUT2D eigenvalue weighted by Crippen LogP contribution is 2.28.